The van der Waals surface area contributed by atoms with Crippen LogP contribution in [0.25, 0.3) is 0 Å². The highest BCUT2D eigenvalue weighted by Gasteiger charge is 2.34. The second-order valence-electron chi connectivity index (χ2n) is 4.94. The first kappa shape index (κ1) is 14.5. The van der Waals surface area contributed by atoms with Crippen LogP contribution in [0.1, 0.15) is 32.3 Å². The number of rotatable bonds is 5. The summed E-state index contributed by atoms with van der Waals surface area (Å²) in [5.41, 5.74) is 7.48. The first-order valence-electron chi connectivity index (χ1n) is 6.13. The second-order valence-corrected chi connectivity index (χ2v) is 5.37. The van der Waals surface area contributed by atoms with Crippen LogP contribution in [-0.2, 0) is 5.54 Å². The molecule has 0 aromatic heterocycles. The molecule has 2 atom stereocenters. The van der Waals surface area contributed by atoms with Crippen LogP contribution < -0.4 is 5.73 Å². The molecule has 0 radical (unpaired) electrons. The summed E-state index contributed by atoms with van der Waals surface area (Å²) in [6.45, 7) is 4.34. The molecule has 0 aliphatic carbocycles. The zero-order valence-electron chi connectivity index (χ0n) is 11.2. The number of hydrogen-bond donors (Lipinski definition) is 1. The lowest BCUT2D eigenvalue weighted by Crippen LogP contribution is -2.52. The van der Waals surface area contributed by atoms with E-state index in [2.05, 4.69) is 32.8 Å². The van der Waals surface area contributed by atoms with Gasteiger partial charge in [-0.2, -0.15) is 0 Å². The summed E-state index contributed by atoms with van der Waals surface area (Å²) in [6, 6.07) is 8.19. The van der Waals surface area contributed by atoms with Crippen molar-refractivity contribution in [3.63, 3.8) is 0 Å². The van der Waals surface area contributed by atoms with Gasteiger partial charge in [0, 0.05) is 11.1 Å². The zero-order valence-corrected chi connectivity index (χ0v) is 12.0. The highest BCUT2D eigenvalue weighted by molar-refractivity contribution is 6.30. The lowest BCUT2D eigenvalue weighted by molar-refractivity contribution is 0.181. The maximum atomic E-state index is 6.64. The van der Waals surface area contributed by atoms with Crippen molar-refractivity contribution < 1.29 is 0 Å². The quantitative estimate of drug-likeness (QED) is 0.874. The third kappa shape index (κ3) is 3.21. The summed E-state index contributed by atoms with van der Waals surface area (Å²) < 4.78 is 0. The van der Waals surface area contributed by atoms with Gasteiger partial charge in [-0.05, 0) is 45.1 Å². The Morgan fingerprint density at radius 1 is 1.29 bits per heavy atom. The van der Waals surface area contributed by atoms with E-state index in [-0.39, 0.29) is 11.6 Å². The number of nitrogens with two attached hydrogens (primary N) is 1. The summed E-state index contributed by atoms with van der Waals surface area (Å²) >= 11 is 5.93. The van der Waals surface area contributed by atoms with E-state index in [0.29, 0.717) is 0 Å². The van der Waals surface area contributed by atoms with Crippen molar-refractivity contribution in [2.24, 2.45) is 5.73 Å². The van der Waals surface area contributed by atoms with Gasteiger partial charge >= 0.3 is 0 Å². The maximum Gasteiger partial charge on any atom is 0.0564 e. The summed E-state index contributed by atoms with van der Waals surface area (Å²) in [5.74, 6) is 0. The fourth-order valence-corrected chi connectivity index (χ4v) is 2.36. The Hall–Kier alpha value is -0.570. The Bertz CT molecular complexity index is 348. The van der Waals surface area contributed by atoms with Crippen LogP contribution in [0.2, 0.25) is 5.02 Å². The summed E-state index contributed by atoms with van der Waals surface area (Å²) in [6.07, 6.45) is 2.03. The lowest BCUT2D eigenvalue weighted by atomic mass is 9.80. The van der Waals surface area contributed by atoms with E-state index in [1.165, 1.54) is 0 Å². The molecule has 0 aliphatic rings. The van der Waals surface area contributed by atoms with Crippen LogP contribution in [0.3, 0.4) is 0 Å². The van der Waals surface area contributed by atoms with Gasteiger partial charge in [-0.25, -0.2) is 0 Å². The van der Waals surface area contributed by atoms with Gasteiger partial charge in [0.25, 0.3) is 0 Å². The largest absolute Gasteiger partial charge is 0.320 e. The molecule has 0 saturated heterocycles. The van der Waals surface area contributed by atoms with E-state index >= 15 is 0 Å². The van der Waals surface area contributed by atoms with E-state index in [1.54, 1.807) is 0 Å². The van der Waals surface area contributed by atoms with Gasteiger partial charge in [0.05, 0.1) is 5.54 Å². The van der Waals surface area contributed by atoms with Crippen molar-refractivity contribution in [2.75, 3.05) is 14.1 Å². The van der Waals surface area contributed by atoms with Crippen molar-refractivity contribution in [3.05, 3.63) is 34.9 Å². The van der Waals surface area contributed by atoms with Crippen molar-refractivity contribution in [3.8, 4) is 0 Å². The third-order valence-corrected chi connectivity index (χ3v) is 3.82. The molecule has 0 spiro atoms. The zero-order chi connectivity index (χ0) is 13.1. The number of nitrogens with zero attached hydrogens (tertiary/aromatic N) is 1. The summed E-state index contributed by atoms with van der Waals surface area (Å²) in [7, 11) is 4.13. The van der Waals surface area contributed by atoms with Gasteiger partial charge in [0.2, 0.25) is 0 Å². The smallest absolute Gasteiger partial charge is 0.0564 e. The van der Waals surface area contributed by atoms with Gasteiger partial charge in [-0.3, -0.25) is 0 Å². The van der Waals surface area contributed by atoms with Crippen LogP contribution in [0.4, 0.5) is 0 Å². The van der Waals surface area contributed by atoms with Gasteiger partial charge < -0.3 is 10.6 Å². The molecule has 1 rings (SSSR count). The molecule has 2 N–H and O–H groups in total. The number of likely N-dealkylation sites (N-methyl/N-ethyl adjacent to an activating group) is 1. The van der Waals surface area contributed by atoms with Crippen molar-refractivity contribution in [1.82, 2.24) is 4.90 Å². The molecule has 3 heteroatoms. The fourth-order valence-electron chi connectivity index (χ4n) is 2.23. The van der Waals surface area contributed by atoms with E-state index in [4.69, 9.17) is 17.3 Å². The SMILES string of the molecule is CCCC(N)(c1ccc(Cl)cc1)C(C)N(C)C. The Morgan fingerprint density at radius 3 is 2.24 bits per heavy atom. The van der Waals surface area contributed by atoms with Gasteiger partial charge in [-0.1, -0.05) is 37.1 Å². The lowest BCUT2D eigenvalue weighted by Gasteiger charge is -2.39. The molecule has 0 heterocycles. The monoisotopic (exact) mass is 254 g/mol. The average molecular weight is 255 g/mol. The number of benzene rings is 1. The molecule has 0 amide bonds. The van der Waals surface area contributed by atoms with Crippen molar-refractivity contribution in [1.29, 1.82) is 0 Å². The van der Waals surface area contributed by atoms with E-state index in [1.807, 2.05) is 24.3 Å². The fraction of sp³-hybridized carbons (Fsp3) is 0.571. The summed E-state index contributed by atoms with van der Waals surface area (Å²) in [4.78, 5) is 2.17. The number of hydrogen-bond acceptors (Lipinski definition) is 2. The Morgan fingerprint density at radius 2 is 1.82 bits per heavy atom. The minimum atomic E-state index is -0.317. The highest BCUT2D eigenvalue weighted by atomic mass is 35.5. The van der Waals surface area contributed by atoms with Crippen LogP contribution in [-0.4, -0.2) is 25.0 Å². The van der Waals surface area contributed by atoms with Crippen LogP contribution in [0, 0.1) is 0 Å². The standard InChI is InChI=1S/C14H23ClN2/c1-5-10-14(16,11(2)17(3)4)12-6-8-13(15)9-7-12/h6-9,11H,5,10,16H2,1-4H3. The molecule has 0 fully saturated rings. The molecular weight excluding hydrogens is 232 g/mol. The Kier molecular flexibility index (Phi) is 4.99. The maximum absolute atomic E-state index is 6.64. The predicted octanol–water partition coefficient (Wildman–Crippen LogP) is 3.24. The molecule has 1 aromatic carbocycles. The molecule has 0 saturated carbocycles. The molecule has 1 aromatic rings. The first-order valence-corrected chi connectivity index (χ1v) is 6.51. The second kappa shape index (κ2) is 5.85. The first-order chi connectivity index (χ1) is 7.91. The normalized spacial score (nSPS) is 16.9. The molecule has 0 aliphatic heterocycles. The minimum Gasteiger partial charge on any atom is -0.320 e. The van der Waals surface area contributed by atoms with Crippen LogP contribution in [0.15, 0.2) is 24.3 Å². The van der Waals surface area contributed by atoms with Gasteiger partial charge in [0.15, 0.2) is 0 Å². The predicted molar refractivity (Wildman–Crippen MR) is 75.4 cm³/mol. The van der Waals surface area contributed by atoms with Crippen molar-refractivity contribution >= 4 is 11.6 Å². The third-order valence-electron chi connectivity index (χ3n) is 3.57. The van der Waals surface area contributed by atoms with E-state index < -0.39 is 0 Å². The highest BCUT2D eigenvalue weighted by Crippen LogP contribution is 2.30. The van der Waals surface area contributed by atoms with E-state index in [9.17, 15) is 0 Å². The molecule has 17 heavy (non-hydrogen) atoms. The Labute approximate surface area is 110 Å². The molecule has 2 nitrogen and oxygen atoms in total. The van der Waals surface area contributed by atoms with E-state index in [0.717, 1.165) is 23.4 Å². The number of halogens is 1. The van der Waals surface area contributed by atoms with Crippen LogP contribution >= 0.6 is 11.6 Å². The minimum absolute atomic E-state index is 0.281. The topological polar surface area (TPSA) is 29.3 Å². The van der Waals surface area contributed by atoms with Gasteiger partial charge in [-0.15, -0.1) is 0 Å². The molecule has 2 unspecified atom stereocenters. The van der Waals surface area contributed by atoms with Crippen LogP contribution in [0.5, 0.6) is 0 Å². The molecule has 96 valence electrons. The average Bonchev–Trinajstić information content (AvgIpc) is 2.28. The Balaban J connectivity index is 3.10. The summed E-state index contributed by atoms with van der Waals surface area (Å²) in [5, 5.41) is 0.755. The van der Waals surface area contributed by atoms with Crippen molar-refractivity contribution in [2.45, 2.75) is 38.3 Å². The molecule has 0 bridgehead atoms. The molecular formula is C14H23ClN2. The van der Waals surface area contributed by atoms with Gasteiger partial charge in [0.1, 0.15) is 0 Å².